The molecule has 1 aromatic rings. The molecule has 0 atom stereocenters. The number of nitrogens with zero attached hydrogens (tertiary/aromatic N) is 1. The van der Waals surface area contributed by atoms with E-state index in [1.807, 2.05) is 13.8 Å². The van der Waals surface area contributed by atoms with Gasteiger partial charge in [-0.05, 0) is 24.1 Å². The van der Waals surface area contributed by atoms with Gasteiger partial charge in [0, 0.05) is 17.9 Å². The number of hydrogen-bond acceptors (Lipinski definition) is 4. The molecule has 6 nitrogen and oxygen atoms in total. The van der Waals surface area contributed by atoms with Crippen LogP contribution in [0.3, 0.4) is 0 Å². The number of anilines is 2. The second-order valence-corrected chi connectivity index (χ2v) is 5.20. The van der Waals surface area contributed by atoms with Gasteiger partial charge in [-0.1, -0.05) is 19.9 Å². The smallest absolute Gasteiger partial charge is 0.238 e. The molecule has 0 saturated carbocycles. The van der Waals surface area contributed by atoms with Crippen LogP contribution >= 0.6 is 0 Å². The maximum atomic E-state index is 12.0. The number of hydrogen-bond donors (Lipinski definition) is 3. The van der Waals surface area contributed by atoms with E-state index >= 15 is 0 Å². The molecule has 0 aliphatic heterocycles. The summed E-state index contributed by atoms with van der Waals surface area (Å²) in [5.74, 6) is -0.297. The summed E-state index contributed by atoms with van der Waals surface area (Å²) in [4.78, 5) is 24.7. The first-order valence-electron chi connectivity index (χ1n) is 6.53. The Hall–Kier alpha value is -2.08. The number of nitrogens with two attached hydrogens (primary N) is 2. The van der Waals surface area contributed by atoms with Crippen LogP contribution in [0.15, 0.2) is 24.3 Å². The molecule has 0 radical (unpaired) electrons. The second-order valence-electron chi connectivity index (χ2n) is 5.20. The Morgan fingerprint density at radius 3 is 2.55 bits per heavy atom. The van der Waals surface area contributed by atoms with Gasteiger partial charge < -0.3 is 16.8 Å². The molecule has 110 valence electrons. The topological polar surface area (TPSA) is 101 Å². The highest BCUT2D eigenvalue weighted by Gasteiger charge is 2.14. The number of rotatable bonds is 7. The zero-order chi connectivity index (χ0) is 15.1. The van der Waals surface area contributed by atoms with Crippen molar-refractivity contribution in [3.8, 4) is 0 Å². The fraction of sp³-hybridized carbons (Fsp3) is 0.429. The molecule has 2 amide bonds. The lowest BCUT2D eigenvalue weighted by Crippen LogP contribution is -2.41. The summed E-state index contributed by atoms with van der Waals surface area (Å²) in [6.07, 6.45) is 0. The Morgan fingerprint density at radius 2 is 2.00 bits per heavy atom. The number of primary amides is 1. The summed E-state index contributed by atoms with van der Waals surface area (Å²) in [6, 6.07) is 6.95. The van der Waals surface area contributed by atoms with E-state index in [4.69, 9.17) is 11.5 Å². The van der Waals surface area contributed by atoms with Crippen LogP contribution in [0, 0.1) is 5.92 Å². The van der Waals surface area contributed by atoms with E-state index in [1.165, 1.54) is 0 Å². The fourth-order valence-electron chi connectivity index (χ4n) is 1.94. The molecule has 0 fully saturated rings. The van der Waals surface area contributed by atoms with E-state index in [0.717, 1.165) is 0 Å². The van der Waals surface area contributed by atoms with E-state index in [1.54, 1.807) is 29.2 Å². The van der Waals surface area contributed by atoms with Gasteiger partial charge in [-0.25, -0.2) is 0 Å². The van der Waals surface area contributed by atoms with Crippen LogP contribution in [0.1, 0.15) is 13.8 Å². The van der Waals surface area contributed by atoms with Crippen LogP contribution in [0.5, 0.6) is 0 Å². The summed E-state index contributed by atoms with van der Waals surface area (Å²) >= 11 is 0. The molecule has 0 aliphatic rings. The summed E-state index contributed by atoms with van der Waals surface area (Å²) in [5, 5.41) is 2.75. The van der Waals surface area contributed by atoms with Crippen molar-refractivity contribution in [2.75, 3.05) is 30.7 Å². The molecular weight excluding hydrogens is 256 g/mol. The minimum absolute atomic E-state index is 0.0720. The summed E-state index contributed by atoms with van der Waals surface area (Å²) in [7, 11) is 0. The number of carbonyl (C=O) groups is 2. The molecule has 0 saturated heterocycles. The second kappa shape index (κ2) is 7.49. The average Bonchev–Trinajstić information content (AvgIpc) is 2.26. The number of nitrogens with one attached hydrogen (secondary N) is 1. The Morgan fingerprint density at radius 1 is 1.30 bits per heavy atom. The van der Waals surface area contributed by atoms with E-state index in [2.05, 4.69) is 5.32 Å². The molecule has 0 heterocycles. The van der Waals surface area contributed by atoms with Crippen LogP contribution in [0.2, 0.25) is 0 Å². The largest absolute Gasteiger partial charge is 0.399 e. The summed E-state index contributed by atoms with van der Waals surface area (Å²) in [5.41, 5.74) is 12.1. The van der Waals surface area contributed by atoms with Crippen molar-refractivity contribution in [3.05, 3.63) is 24.3 Å². The predicted molar refractivity (Wildman–Crippen MR) is 80.0 cm³/mol. The molecule has 0 aliphatic carbocycles. The van der Waals surface area contributed by atoms with Crippen LogP contribution in [-0.4, -0.2) is 36.3 Å². The van der Waals surface area contributed by atoms with Gasteiger partial charge in [0.05, 0.1) is 13.1 Å². The predicted octanol–water partition coefficient (Wildman–Crippen LogP) is 0.651. The normalized spacial score (nSPS) is 10.8. The highest BCUT2D eigenvalue weighted by Crippen LogP contribution is 2.11. The quantitative estimate of drug-likeness (QED) is 0.637. The van der Waals surface area contributed by atoms with Crippen molar-refractivity contribution in [2.45, 2.75) is 13.8 Å². The fourth-order valence-corrected chi connectivity index (χ4v) is 1.94. The number of carbonyl (C=O) groups excluding carboxylic acids is 2. The van der Waals surface area contributed by atoms with Gasteiger partial charge in [0.25, 0.3) is 0 Å². The van der Waals surface area contributed by atoms with Gasteiger partial charge in [0.1, 0.15) is 0 Å². The minimum Gasteiger partial charge on any atom is -0.399 e. The Labute approximate surface area is 119 Å². The molecular formula is C14H22N4O2. The standard InChI is InChI=1S/C14H22N4O2/c1-10(2)7-18(8-13(16)19)9-14(20)17-12-5-3-4-11(15)6-12/h3-6,10H,7-9,15H2,1-2H3,(H2,16,19)(H,17,20). The molecule has 20 heavy (non-hydrogen) atoms. The van der Waals surface area contributed by atoms with Crippen molar-refractivity contribution in [2.24, 2.45) is 11.7 Å². The molecule has 0 unspecified atom stereocenters. The van der Waals surface area contributed by atoms with Crippen molar-refractivity contribution >= 4 is 23.2 Å². The molecule has 0 spiro atoms. The molecule has 0 aromatic heterocycles. The third-order valence-corrected chi connectivity index (χ3v) is 2.54. The SMILES string of the molecule is CC(C)CN(CC(N)=O)CC(=O)Nc1cccc(N)c1. The Bertz CT molecular complexity index is 474. The zero-order valence-corrected chi connectivity index (χ0v) is 11.9. The van der Waals surface area contributed by atoms with Gasteiger partial charge in [-0.15, -0.1) is 0 Å². The van der Waals surface area contributed by atoms with Crippen molar-refractivity contribution < 1.29 is 9.59 Å². The minimum atomic E-state index is -0.442. The molecule has 0 bridgehead atoms. The first-order valence-corrected chi connectivity index (χ1v) is 6.53. The number of amides is 2. The monoisotopic (exact) mass is 278 g/mol. The van der Waals surface area contributed by atoms with Gasteiger partial charge >= 0.3 is 0 Å². The Balaban J connectivity index is 2.58. The maximum absolute atomic E-state index is 12.0. The zero-order valence-electron chi connectivity index (χ0n) is 11.9. The van der Waals surface area contributed by atoms with E-state index in [-0.39, 0.29) is 19.0 Å². The van der Waals surface area contributed by atoms with Crippen molar-refractivity contribution in [3.63, 3.8) is 0 Å². The number of nitrogen functional groups attached to an aromatic ring is 1. The van der Waals surface area contributed by atoms with E-state index in [0.29, 0.717) is 23.8 Å². The lowest BCUT2D eigenvalue weighted by molar-refractivity contribution is -0.121. The average molecular weight is 278 g/mol. The van der Waals surface area contributed by atoms with Crippen LogP contribution in [-0.2, 0) is 9.59 Å². The van der Waals surface area contributed by atoms with Gasteiger partial charge in [-0.3, -0.25) is 14.5 Å². The lowest BCUT2D eigenvalue weighted by atomic mass is 10.2. The van der Waals surface area contributed by atoms with Gasteiger partial charge in [-0.2, -0.15) is 0 Å². The first-order chi connectivity index (χ1) is 9.36. The highest BCUT2D eigenvalue weighted by molar-refractivity contribution is 5.93. The molecule has 5 N–H and O–H groups in total. The third kappa shape index (κ3) is 6.19. The molecule has 1 aromatic carbocycles. The van der Waals surface area contributed by atoms with Crippen LogP contribution in [0.25, 0.3) is 0 Å². The Kier molecular flexibility index (Phi) is 5.99. The van der Waals surface area contributed by atoms with Crippen molar-refractivity contribution in [1.29, 1.82) is 0 Å². The van der Waals surface area contributed by atoms with Crippen LogP contribution < -0.4 is 16.8 Å². The van der Waals surface area contributed by atoms with Gasteiger partial charge in [0.2, 0.25) is 11.8 Å². The number of benzene rings is 1. The third-order valence-electron chi connectivity index (χ3n) is 2.54. The first kappa shape index (κ1) is 16.0. The van der Waals surface area contributed by atoms with E-state index in [9.17, 15) is 9.59 Å². The van der Waals surface area contributed by atoms with Gasteiger partial charge in [0.15, 0.2) is 0 Å². The molecule has 6 heteroatoms. The summed E-state index contributed by atoms with van der Waals surface area (Å²) in [6.45, 7) is 4.86. The van der Waals surface area contributed by atoms with E-state index < -0.39 is 5.91 Å². The highest BCUT2D eigenvalue weighted by atomic mass is 16.2. The maximum Gasteiger partial charge on any atom is 0.238 e. The summed E-state index contributed by atoms with van der Waals surface area (Å²) < 4.78 is 0. The van der Waals surface area contributed by atoms with Crippen molar-refractivity contribution in [1.82, 2.24) is 4.90 Å². The molecule has 1 rings (SSSR count). The van der Waals surface area contributed by atoms with Crippen LogP contribution in [0.4, 0.5) is 11.4 Å². The lowest BCUT2D eigenvalue weighted by Gasteiger charge is -2.22.